The Balaban J connectivity index is 1.05. The first kappa shape index (κ1) is 32.0. The predicted molar refractivity (Wildman–Crippen MR) is 237 cm³/mol. The average molecular weight is 713 g/mol. The summed E-state index contributed by atoms with van der Waals surface area (Å²) >= 11 is 0. The monoisotopic (exact) mass is 712 g/mol. The molecular weight excluding hydrogens is 677 g/mol. The van der Waals surface area contributed by atoms with Crippen LogP contribution in [0.1, 0.15) is 0 Å². The molecule has 56 heavy (non-hydrogen) atoms. The van der Waals surface area contributed by atoms with Crippen molar-refractivity contribution in [3.8, 4) is 55.9 Å². The first-order valence-electron chi connectivity index (χ1n) is 19.3. The molecule has 11 rings (SSSR count). The van der Waals surface area contributed by atoms with Crippen LogP contribution in [0.3, 0.4) is 0 Å². The van der Waals surface area contributed by atoms with Gasteiger partial charge < -0.3 is 9.13 Å². The molecule has 0 N–H and O–H groups in total. The summed E-state index contributed by atoms with van der Waals surface area (Å²) < 4.78 is 4.80. The zero-order chi connectivity index (χ0) is 37.0. The van der Waals surface area contributed by atoms with E-state index in [1.165, 1.54) is 93.8 Å². The van der Waals surface area contributed by atoms with E-state index < -0.39 is 0 Å². The maximum absolute atomic E-state index is 2.43. The standard InChI is InChI=1S/C54H36N2/c1-4-15-37(16-5-1)39-27-30-45(48(34-39)38-17-6-2-7-18-38)42-19-14-22-44(33-42)56-52-26-13-11-24-47(52)50-36-41(29-32-54(50)56)40-28-31-53-49(35-40)46-23-10-12-25-51(46)55(53)43-20-8-3-9-21-43/h1-36H. The molecule has 0 spiro atoms. The lowest BCUT2D eigenvalue weighted by atomic mass is 9.91. The Bertz CT molecular complexity index is 3220. The molecule has 0 aliphatic rings. The summed E-state index contributed by atoms with van der Waals surface area (Å²) in [5.41, 5.74) is 16.8. The number of fused-ring (bicyclic) bond motifs is 6. The van der Waals surface area contributed by atoms with Crippen LogP contribution in [0, 0.1) is 0 Å². The summed E-state index contributed by atoms with van der Waals surface area (Å²) in [6.07, 6.45) is 0. The van der Waals surface area contributed by atoms with Crippen LogP contribution in [-0.2, 0) is 0 Å². The van der Waals surface area contributed by atoms with Crippen molar-refractivity contribution in [2.45, 2.75) is 0 Å². The Hall–Kier alpha value is -7.42. The highest BCUT2D eigenvalue weighted by molar-refractivity contribution is 6.12. The van der Waals surface area contributed by atoms with Crippen LogP contribution in [-0.4, -0.2) is 9.13 Å². The predicted octanol–water partition coefficient (Wildman–Crippen LogP) is 14.5. The molecule has 262 valence electrons. The van der Waals surface area contributed by atoms with E-state index in [1.807, 2.05) is 0 Å². The Kier molecular flexibility index (Phi) is 7.53. The van der Waals surface area contributed by atoms with Gasteiger partial charge in [0.2, 0.25) is 0 Å². The Morgan fingerprint density at radius 1 is 0.214 bits per heavy atom. The molecule has 2 heteroatoms. The van der Waals surface area contributed by atoms with E-state index in [9.17, 15) is 0 Å². The van der Waals surface area contributed by atoms with Gasteiger partial charge in [-0.05, 0) is 111 Å². The van der Waals surface area contributed by atoms with E-state index in [0.29, 0.717) is 0 Å². The highest BCUT2D eigenvalue weighted by atomic mass is 15.0. The van der Waals surface area contributed by atoms with E-state index in [2.05, 4.69) is 228 Å². The normalized spacial score (nSPS) is 11.6. The lowest BCUT2D eigenvalue weighted by molar-refractivity contribution is 1.18. The molecule has 2 aromatic heterocycles. The minimum absolute atomic E-state index is 1.14. The van der Waals surface area contributed by atoms with Crippen molar-refractivity contribution in [3.63, 3.8) is 0 Å². The van der Waals surface area contributed by atoms with E-state index in [1.54, 1.807) is 0 Å². The first-order valence-corrected chi connectivity index (χ1v) is 19.3. The minimum atomic E-state index is 1.14. The topological polar surface area (TPSA) is 9.86 Å². The third-order valence-corrected chi connectivity index (χ3v) is 11.3. The number of para-hydroxylation sites is 3. The minimum Gasteiger partial charge on any atom is -0.309 e. The van der Waals surface area contributed by atoms with Gasteiger partial charge in [-0.1, -0.05) is 152 Å². The molecule has 0 saturated carbocycles. The number of hydrogen-bond acceptors (Lipinski definition) is 0. The molecule has 0 unspecified atom stereocenters. The Morgan fingerprint density at radius 2 is 0.661 bits per heavy atom. The molecular formula is C54H36N2. The number of benzene rings is 9. The van der Waals surface area contributed by atoms with Crippen molar-refractivity contribution >= 4 is 43.6 Å². The highest BCUT2D eigenvalue weighted by Gasteiger charge is 2.17. The van der Waals surface area contributed by atoms with Crippen molar-refractivity contribution in [1.29, 1.82) is 0 Å². The maximum atomic E-state index is 2.43. The van der Waals surface area contributed by atoms with Gasteiger partial charge in [-0.15, -0.1) is 0 Å². The van der Waals surface area contributed by atoms with Gasteiger partial charge in [-0.25, -0.2) is 0 Å². The fourth-order valence-electron chi connectivity index (χ4n) is 8.71. The number of rotatable bonds is 6. The highest BCUT2D eigenvalue weighted by Crippen LogP contribution is 2.40. The summed E-state index contributed by atoms with van der Waals surface area (Å²) in [6, 6.07) is 79.4. The molecule has 0 fully saturated rings. The second-order valence-corrected chi connectivity index (χ2v) is 14.5. The van der Waals surface area contributed by atoms with E-state index in [4.69, 9.17) is 0 Å². The van der Waals surface area contributed by atoms with Crippen molar-refractivity contribution in [2.24, 2.45) is 0 Å². The fraction of sp³-hybridized carbons (Fsp3) is 0. The van der Waals surface area contributed by atoms with Gasteiger partial charge >= 0.3 is 0 Å². The van der Waals surface area contributed by atoms with Crippen molar-refractivity contribution in [1.82, 2.24) is 9.13 Å². The quantitative estimate of drug-likeness (QED) is 0.162. The third-order valence-electron chi connectivity index (χ3n) is 11.3. The van der Waals surface area contributed by atoms with Gasteiger partial charge in [0.1, 0.15) is 0 Å². The second kappa shape index (κ2) is 13.2. The van der Waals surface area contributed by atoms with Gasteiger partial charge in [0.05, 0.1) is 22.1 Å². The summed E-state index contributed by atoms with van der Waals surface area (Å²) in [5, 5.41) is 5.00. The van der Waals surface area contributed by atoms with Crippen LogP contribution in [0.25, 0.3) is 99.5 Å². The lowest BCUT2D eigenvalue weighted by Crippen LogP contribution is -1.95. The van der Waals surface area contributed by atoms with Gasteiger partial charge in [0.25, 0.3) is 0 Å². The molecule has 2 heterocycles. The smallest absolute Gasteiger partial charge is 0.0541 e. The maximum Gasteiger partial charge on any atom is 0.0541 e. The van der Waals surface area contributed by atoms with Crippen LogP contribution >= 0.6 is 0 Å². The van der Waals surface area contributed by atoms with Crippen LogP contribution in [0.4, 0.5) is 0 Å². The fourth-order valence-corrected chi connectivity index (χ4v) is 8.71. The second-order valence-electron chi connectivity index (χ2n) is 14.5. The zero-order valence-corrected chi connectivity index (χ0v) is 30.7. The molecule has 0 atom stereocenters. The zero-order valence-electron chi connectivity index (χ0n) is 30.7. The van der Waals surface area contributed by atoms with E-state index in [0.717, 1.165) is 5.69 Å². The summed E-state index contributed by atoms with van der Waals surface area (Å²) in [6.45, 7) is 0. The van der Waals surface area contributed by atoms with Crippen LogP contribution in [0.5, 0.6) is 0 Å². The third kappa shape index (κ3) is 5.26. The summed E-state index contributed by atoms with van der Waals surface area (Å²) in [4.78, 5) is 0. The van der Waals surface area contributed by atoms with Crippen LogP contribution in [0.15, 0.2) is 218 Å². The lowest BCUT2D eigenvalue weighted by Gasteiger charge is -2.15. The van der Waals surface area contributed by atoms with Crippen molar-refractivity contribution < 1.29 is 0 Å². The van der Waals surface area contributed by atoms with Crippen molar-refractivity contribution in [3.05, 3.63) is 218 Å². The largest absolute Gasteiger partial charge is 0.309 e. The van der Waals surface area contributed by atoms with Gasteiger partial charge in [0.15, 0.2) is 0 Å². The molecule has 0 bridgehead atoms. The Morgan fingerprint density at radius 3 is 1.29 bits per heavy atom. The molecule has 0 saturated heterocycles. The first-order chi connectivity index (χ1) is 27.8. The van der Waals surface area contributed by atoms with Crippen LogP contribution in [0.2, 0.25) is 0 Å². The van der Waals surface area contributed by atoms with Crippen LogP contribution < -0.4 is 0 Å². The van der Waals surface area contributed by atoms with Crippen molar-refractivity contribution in [2.75, 3.05) is 0 Å². The Labute approximate surface area is 325 Å². The van der Waals surface area contributed by atoms with Gasteiger partial charge in [0, 0.05) is 32.9 Å². The summed E-state index contributed by atoms with van der Waals surface area (Å²) in [5.74, 6) is 0. The molecule has 0 aliphatic carbocycles. The summed E-state index contributed by atoms with van der Waals surface area (Å²) in [7, 11) is 0. The SMILES string of the molecule is c1ccc(-c2ccc(-c3cccc(-n4c5ccccc5c5cc(-c6ccc7c(c6)c6ccccc6n7-c6ccccc6)ccc54)c3)c(-c3ccccc3)c2)cc1. The average Bonchev–Trinajstić information content (AvgIpc) is 3.79. The number of nitrogens with zero attached hydrogens (tertiary/aromatic N) is 2. The number of aromatic nitrogens is 2. The number of hydrogen-bond donors (Lipinski definition) is 0. The molecule has 0 radical (unpaired) electrons. The van der Waals surface area contributed by atoms with Gasteiger partial charge in [-0.3, -0.25) is 0 Å². The molecule has 11 aromatic rings. The molecule has 9 aromatic carbocycles. The van der Waals surface area contributed by atoms with Gasteiger partial charge in [-0.2, -0.15) is 0 Å². The van der Waals surface area contributed by atoms with E-state index in [-0.39, 0.29) is 0 Å². The molecule has 0 amide bonds. The van der Waals surface area contributed by atoms with E-state index >= 15 is 0 Å². The molecule has 0 aliphatic heterocycles. The molecule has 2 nitrogen and oxygen atoms in total.